The van der Waals surface area contributed by atoms with Crippen molar-refractivity contribution in [2.45, 2.75) is 6.18 Å². The fourth-order valence-electron chi connectivity index (χ4n) is 2.74. The predicted octanol–water partition coefficient (Wildman–Crippen LogP) is 3.35. The molecule has 2 heterocycles. The van der Waals surface area contributed by atoms with Gasteiger partial charge in [0.05, 0.1) is 17.4 Å². The van der Waals surface area contributed by atoms with Gasteiger partial charge in [-0.3, -0.25) is 4.79 Å². The Labute approximate surface area is 137 Å². The zero-order chi connectivity index (χ0) is 17.3. The van der Waals surface area contributed by atoms with Crippen LogP contribution in [0, 0.1) is 0 Å². The Morgan fingerprint density at radius 1 is 1.12 bits per heavy atom. The average Bonchev–Trinajstić information content (AvgIpc) is 3.08. The van der Waals surface area contributed by atoms with Crippen molar-refractivity contribution >= 4 is 5.91 Å². The first-order valence-corrected chi connectivity index (χ1v) is 7.59. The molecule has 1 saturated heterocycles. The van der Waals surface area contributed by atoms with Crippen molar-refractivity contribution in [2.75, 3.05) is 33.2 Å². The topological polar surface area (TPSA) is 36.7 Å². The van der Waals surface area contributed by atoms with Crippen LogP contribution in [0.5, 0.6) is 0 Å². The lowest BCUT2D eigenvalue weighted by atomic mass is 10.0. The third-order valence-corrected chi connectivity index (χ3v) is 4.15. The van der Waals surface area contributed by atoms with Crippen LogP contribution in [0.4, 0.5) is 13.2 Å². The first-order chi connectivity index (χ1) is 11.4. The van der Waals surface area contributed by atoms with Crippen LogP contribution in [0.3, 0.4) is 0 Å². The van der Waals surface area contributed by atoms with E-state index in [1.807, 2.05) is 11.9 Å². The second kappa shape index (κ2) is 6.32. The van der Waals surface area contributed by atoms with Gasteiger partial charge >= 0.3 is 6.18 Å². The highest BCUT2D eigenvalue weighted by Crippen LogP contribution is 2.35. The molecule has 1 aliphatic heterocycles. The number of piperazine rings is 1. The van der Waals surface area contributed by atoms with Gasteiger partial charge in [-0.25, -0.2) is 0 Å². The smallest absolute Gasteiger partial charge is 0.417 e. The molecule has 0 bridgehead atoms. The first kappa shape index (κ1) is 16.6. The minimum absolute atomic E-state index is 0.294. The lowest BCUT2D eigenvalue weighted by Crippen LogP contribution is -2.47. The van der Waals surface area contributed by atoms with Crippen molar-refractivity contribution in [2.24, 2.45) is 0 Å². The summed E-state index contributed by atoms with van der Waals surface area (Å²) < 4.78 is 45.5. The number of alkyl halides is 3. The van der Waals surface area contributed by atoms with E-state index >= 15 is 0 Å². The van der Waals surface area contributed by atoms with Gasteiger partial charge in [0.15, 0.2) is 0 Å². The van der Waals surface area contributed by atoms with Crippen LogP contribution in [0.15, 0.2) is 41.0 Å². The van der Waals surface area contributed by atoms with Crippen molar-refractivity contribution in [1.82, 2.24) is 9.80 Å². The summed E-state index contributed by atoms with van der Waals surface area (Å²) in [7, 11) is 1.92. The summed E-state index contributed by atoms with van der Waals surface area (Å²) in [5, 5.41) is 0. The van der Waals surface area contributed by atoms with E-state index in [9.17, 15) is 18.0 Å². The summed E-state index contributed by atoms with van der Waals surface area (Å²) in [4.78, 5) is 16.1. The molecule has 0 atom stereocenters. The van der Waals surface area contributed by atoms with Crippen LogP contribution in [0.2, 0.25) is 0 Å². The van der Waals surface area contributed by atoms with Gasteiger partial charge in [-0.1, -0.05) is 6.07 Å². The Kier molecular flexibility index (Phi) is 4.36. The summed E-state index contributed by atoms with van der Waals surface area (Å²) in [5.74, 6) is -0.250. The third kappa shape index (κ3) is 3.31. The van der Waals surface area contributed by atoms with E-state index < -0.39 is 17.6 Å². The van der Waals surface area contributed by atoms with E-state index in [0.717, 1.165) is 6.07 Å². The lowest BCUT2D eigenvalue weighted by Gasteiger charge is -2.33. The van der Waals surface area contributed by atoms with Crippen LogP contribution < -0.4 is 0 Å². The average molecular weight is 338 g/mol. The van der Waals surface area contributed by atoms with Crippen LogP contribution in [0.25, 0.3) is 11.3 Å². The van der Waals surface area contributed by atoms with Crippen molar-refractivity contribution in [3.05, 3.63) is 47.7 Å². The highest BCUT2D eigenvalue weighted by Gasteiger charge is 2.37. The van der Waals surface area contributed by atoms with Crippen LogP contribution >= 0.6 is 0 Å². The monoisotopic (exact) mass is 338 g/mol. The fourth-order valence-corrected chi connectivity index (χ4v) is 2.74. The largest absolute Gasteiger partial charge is 0.464 e. The SMILES string of the molecule is CN1CCN(C(=O)c2ccc(-c3ccco3)cc2C(F)(F)F)CC1. The van der Waals surface area contributed by atoms with Crippen molar-refractivity contribution < 1.29 is 22.4 Å². The molecule has 128 valence electrons. The van der Waals surface area contributed by atoms with Gasteiger partial charge in [-0.05, 0) is 31.3 Å². The number of furan rings is 1. The molecule has 1 aliphatic rings. The normalized spacial score (nSPS) is 16.4. The minimum atomic E-state index is -4.61. The van der Waals surface area contributed by atoms with Crippen LogP contribution in [-0.2, 0) is 6.18 Å². The number of hydrogen-bond donors (Lipinski definition) is 0. The molecule has 0 aliphatic carbocycles. The molecule has 3 rings (SSSR count). The van der Waals surface area contributed by atoms with Gasteiger partial charge in [0, 0.05) is 31.7 Å². The summed E-state index contributed by atoms with van der Waals surface area (Å²) in [5.41, 5.74) is -0.954. The van der Waals surface area contributed by atoms with E-state index in [1.54, 1.807) is 12.1 Å². The Morgan fingerprint density at radius 3 is 2.42 bits per heavy atom. The number of carbonyl (C=O) groups is 1. The molecule has 0 unspecified atom stereocenters. The molecule has 24 heavy (non-hydrogen) atoms. The highest BCUT2D eigenvalue weighted by atomic mass is 19.4. The predicted molar refractivity (Wildman–Crippen MR) is 82.5 cm³/mol. The van der Waals surface area contributed by atoms with E-state index in [-0.39, 0.29) is 5.56 Å². The van der Waals surface area contributed by atoms with Crippen molar-refractivity contribution in [3.63, 3.8) is 0 Å². The zero-order valence-corrected chi connectivity index (χ0v) is 13.1. The van der Waals surface area contributed by atoms with Gasteiger partial charge < -0.3 is 14.2 Å². The van der Waals surface area contributed by atoms with E-state index in [0.29, 0.717) is 37.5 Å². The van der Waals surface area contributed by atoms with Gasteiger partial charge in [0.2, 0.25) is 0 Å². The number of amides is 1. The Morgan fingerprint density at radius 2 is 1.83 bits per heavy atom. The highest BCUT2D eigenvalue weighted by molar-refractivity contribution is 5.96. The minimum Gasteiger partial charge on any atom is -0.464 e. The molecule has 0 spiro atoms. The number of halogens is 3. The van der Waals surface area contributed by atoms with Gasteiger partial charge in [0.1, 0.15) is 5.76 Å². The third-order valence-electron chi connectivity index (χ3n) is 4.15. The molecule has 0 radical (unpaired) electrons. The molecule has 1 amide bonds. The molecule has 0 saturated carbocycles. The maximum Gasteiger partial charge on any atom is 0.417 e. The lowest BCUT2D eigenvalue weighted by molar-refractivity contribution is -0.138. The van der Waals surface area contributed by atoms with E-state index in [1.165, 1.54) is 23.3 Å². The number of carbonyl (C=O) groups excluding carboxylic acids is 1. The second-order valence-corrected chi connectivity index (χ2v) is 5.83. The van der Waals surface area contributed by atoms with Crippen molar-refractivity contribution in [1.29, 1.82) is 0 Å². The molecule has 7 heteroatoms. The van der Waals surface area contributed by atoms with Crippen LogP contribution in [-0.4, -0.2) is 48.9 Å². The maximum atomic E-state index is 13.5. The molecular weight excluding hydrogens is 321 g/mol. The van der Waals surface area contributed by atoms with Crippen molar-refractivity contribution in [3.8, 4) is 11.3 Å². The first-order valence-electron chi connectivity index (χ1n) is 7.59. The van der Waals surface area contributed by atoms with Gasteiger partial charge in [-0.15, -0.1) is 0 Å². The molecular formula is C17H17F3N2O2. The quantitative estimate of drug-likeness (QED) is 0.843. The second-order valence-electron chi connectivity index (χ2n) is 5.83. The van der Waals surface area contributed by atoms with Crippen LogP contribution in [0.1, 0.15) is 15.9 Å². The summed E-state index contributed by atoms with van der Waals surface area (Å²) in [6, 6.07) is 6.88. The maximum absolute atomic E-state index is 13.5. The standard InChI is InChI=1S/C17H17F3N2O2/c1-21-6-8-22(9-7-21)16(23)13-5-4-12(15-3-2-10-24-15)11-14(13)17(18,19)20/h2-5,10-11H,6-9H2,1H3. The number of benzene rings is 1. The number of hydrogen-bond acceptors (Lipinski definition) is 3. The molecule has 1 aromatic heterocycles. The molecule has 1 fully saturated rings. The Hall–Kier alpha value is -2.28. The van der Waals surface area contributed by atoms with E-state index in [2.05, 4.69) is 0 Å². The molecule has 0 N–H and O–H groups in total. The zero-order valence-electron chi connectivity index (χ0n) is 13.1. The molecule has 4 nitrogen and oxygen atoms in total. The summed E-state index contributed by atoms with van der Waals surface area (Å²) in [6.07, 6.45) is -3.22. The van der Waals surface area contributed by atoms with E-state index in [4.69, 9.17) is 4.42 Å². The number of rotatable bonds is 2. The number of likely N-dealkylation sites (N-methyl/N-ethyl adjacent to an activating group) is 1. The molecule has 2 aromatic rings. The van der Waals surface area contributed by atoms with Gasteiger partial charge in [-0.2, -0.15) is 13.2 Å². The summed E-state index contributed by atoms with van der Waals surface area (Å²) >= 11 is 0. The Balaban J connectivity index is 1.96. The molecule has 1 aromatic carbocycles. The van der Waals surface area contributed by atoms with Gasteiger partial charge in [0.25, 0.3) is 5.91 Å². The number of nitrogens with zero attached hydrogens (tertiary/aromatic N) is 2. The fraction of sp³-hybridized carbons (Fsp3) is 0.353. The summed E-state index contributed by atoms with van der Waals surface area (Å²) in [6.45, 7) is 2.15. The Bertz CT molecular complexity index is 718.